The number of fused-ring (bicyclic) bond motifs is 6. The van der Waals surface area contributed by atoms with Crippen LogP contribution in [0.5, 0.6) is 0 Å². The molecular weight excluding hydrogens is 440 g/mol. The van der Waals surface area contributed by atoms with Crippen LogP contribution in [0.3, 0.4) is 0 Å². The Morgan fingerprint density at radius 1 is 1.09 bits per heavy atom. The molecule has 4 saturated carbocycles. The molecule has 4 fully saturated rings. The van der Waals surface area contributed by atoms with Gasteiger partial charge in [0, 0.05) is 25.4 Å². The number of hydrogen-bond acceptors (Lipinski definition) is 6. The van der Waals surface area contributed by atoms with Gasteiger partial charge in [-0.15, -0.1) is 0 Å². The highest BCUT2D eigenvalue weighted by Gasteiger charge is 2.63. The summed E-state index contributed by atoms with van der Waals surface area (Å²) in [5, 5.41) is 15.3. The fourth-order valence-corrected chi connectivity index (χ4v) is 9.46. The lowest BCUT2D eigenvalue weighted by Gasteiger charge is -2.62. The molecule has 0 bridgehead atoms. The van der Waals surface area contributed by atoms with E-state index < -0.39 is 5.60 Å². The number of aliphatic hydroxyl groups is 1. The van der Waals surface area contributed by atoms with E-state index in [0.717, 1.165) is 50.6 Å². The Balaban J connectivity index is 1.23. The largest absolute Gasteiger partial charge is 0.390 e. The van der Waals surface area contributed by atoms with Crippen molar-refractivity contribution in [3.05, 3.63) is 18.6 Å². The average molecular weight is 481 g/mol. The Morgan fingerprint density at radius 3 is 2.71 bits per heavy atom. The van der Waals surface area contributed by atoms with E-state index in [2.05, 4.69) is 22.0 Å². The molecule has 0 saturated heterocycles. The second-order valence-electron chi connectivity index (χ2n) is 12.8. The first-order valence-electron chi connectivity index (χ1n) is 13.6. The zero-order valence-corrected chi connectivity index (χ0v) is 21.4. The Kier molecular flexibility index (Phi) is 5.61. The zero-order chi connectivity index (χ0) is 24.4. The lowest BCUT2D eigenvalue weighted by Crippen LogP contribution is -2.58. The van der Waals surface area contributed by atoms with Crippen molar-refractivity contribution < 1.29 is 14.6 Å². The quantitative estimate of drug-likeness (QED) is 0.681. The van der Waals surface area contributed by atoms with Crippen molar-refractivity contribution in [1.29, 1.82) is 0 Å². The number of hydrogen-bond donors (Lipinski definition) is 1. The van der Waals surface area contributed by atoms with E-state index in [1.165, 1.54) is 19.3 Å². The molecule has 2 heterocycles. The molecule has 0 unspecified atom stereocenters. The third-order valence-electron chi connectivity index (χ3n) is 11.0. The highest BCUT2D eigenvalue weighted by atomic mass is 16.5. The van der Waals surface area contributed by atoms with E-state index in [9.17, 15) is 9.90 Å². The highest BCUT2D eigenvalue weighted by molar-refractivity contribution is 5.82. The highest BCUT2D eigenvalue weighted by Crippen LogP contribution is 2.68. The van der Waals surface area contributed by atoms with Gasteiger partial charge in [0.1, 0.15) is 5.52 Å². The van der Waals surface area contributed by atoms with Gasteiger partial charge in [0.2, 0.25) is 0 Å². The van der Waals surface area contributed by atoms with Crippen LogP contribution >= 0.6 is 0 Å². The molecule has 2 aromatic rings. The number of carbonyl (C=O) groups is 1. The summed E-state index contributed by atoms with van der Waals surface area (Å²) in [5.41, 5.74) is 1.07. The first-order chi connectivity index (χ1) is 16.8. The summed E-state index contributed by atoms with van der Waals surface area (Å²) in [6.45, 7) is 5.56. The van der Waals surface area contributed by atoms with Gasteiger partial charge in [0.05, 0.1) is 24.9 Å². The number of aromatic nitrogens is 4. The summed E-state index contributed by atoms with van der Waals surface area (Å²) >= 11 is 0. The number of ketones is 1. The maximum absolute atomic E-state index is 13.6. The average Bonchev–Trinajstić information content (AvgIpc) is 3.39. The van der Waals surface area contributed by atoms with E-state index in [1.54, 1.807) is 17.1 Å². The van der Waals surface area contributed by atoms with Gasteiger partial charge >= 0.3 is 0 Å². The summed E-state index contributed by atoms with van der Waals surface area (Å²) in [5.74, 6) is 2.89. The molecule has 7 nitrogen and oxygen atoms in total. The van der Waals surface area contributed by atoms with Crippen molar-refractivity contribution in [3.63, 3.8) is 0 Å². The molecule has 0 amide bonds. The summed E-state index contributed by atoms with van der Waals surface area (Å²) in [4.78, 5) is 22.2. The summed E-state index contributed by atoms with van der Waals surface area (Å²) in [6.07, 6.45) is 14.9. The molecule has 1 N–H and O–H groups in total. The monoisotopic (exact) mass is 480 g/mol. The van der Waals surface area contributed by atoms with E-state index in [-0.39, 0.29) is 16.7 Å². The second kappa shape index (κ2) is 8.34. The van der Waals surface area contributed by atoms with Crippen molar-refractivity contribution in [3.8, 4) is 0 Å². The maximum Gasteiger partial charge on any atom is 0.199 e. The molecule has 2 aromatic heterocycles. The smallest absolute Gasteiger partial charge is 0.199 e. The first kappa shape index (κ1) is 23.5. The minimum absolute atomic E-state index is 0.0720. The standard InChI is InChI=1S/C28H40N4O3/c1-26(34)10-11-28(17-35-3)18(14-26)4-5-19-20-6-7-22(27(20,2)9-8-21(19)28)24(33)16-32-15-23-25(31-32)30-13-12-29-23/h12-13,15,18-22,34H,4-11,14,16-17H2,1-3H3/t18-,19-,20-,21-,22+,26+,27-,28+/m0/s1. The van der Waals surface area contributed by atoms with Gasteiger partial charge < -0.3 is 9.84 Å². The fraction of sp³-hybridized carbons (Fsp3) is 0.786. The van der Waals surface area contributed by atoms with Gasteiger partial charge in [-0.25, -0.2) is 9.97 Å². The summed E-state index contributed by atoms with van der Waals surface area (Å²) in [6, 6.07) is 0. The van der Waals surface area contributed by atoms with Crippen molar-refractivity contribution in [2.45, 2.75) is 83.8 Å². The fourth-order valence-electron chi connectivity index (χ4n) is 9.46. The Bertz CT molecular complexity index is 1080. The van der Waals surface area contributed by atoms with Crippen LogP contribution in [0.15, 0.2) is 18.6 Å². The van der Waals surface area contributed by atoms with Crippen LogP contribution in [0.4, 0.5) is 0 Å². The summed E-state index contributed by atoms with van der Waals surface area (Å²) < 4.78 is 7.63. The number of Topliss-reactive ketones (excluding diaryl/α,β-unsaturated/α-hetero) is 1. The van der Waals surface area contributed by atoms with Crippen LogP contribution in [0.2, 0.25) is 0 Å². The van der Waals surface area contributed by atoms with Crippen LogP contribution in [0, 0.1) is 40.4 Å². The molecule has 6 rings (SSSR count). The topological polar surface area (TPSA) is 90.1 Å². The van der Waals surface area contributed by atoms with Crippen LogP contribution in [-0.4, -0.2) is 50.0 Å². The molecule has 4 aliphatic carbocycles. The Labute approximate surface area is 208 Å². The minimum atomic E-state index is -0.537. The van der Waals surface area contributed by atoms with Gasteiger partial charge in [-0.2, -0.15) is 5.10 Å². The molecule has 0 radical (unpaired) electrons. The minimum Gasteiger partial charge on any atom is -0.390 e. The third-order valence-corrected chi connectivity index (χ3v) is 11.0. The van der Waals surface area contributed by atoms with Crippen LogP contribution in [0.1, 0.15) is 71.6 Å². The van der Waals surface area contributed by atoms with Gasteiger partial charge in [-0.1, -0.05) is 6.92 Å². The molecule has 190 valence electrons. The predicted molar refractivity (Wildman–Crippen MR) is 132 cm³/mol. The van der Waals surface area contributed by atoms with Crippen LogP contribution < -0.4 is 0 Å². The number of ether oxygens (including phenoxy) is 1. The molecule has 35 heavy (non-hydrogen) atoms. The molecule has 7 heteroatoms. The normalized spacial score (nSPS) is 42.9. The lowest BCUT2D eigenvalue weighted by molar-refractivity contribution is -0.175. The maximum atomic E-state index is 13.6. The van der Waals surface area contributed by atoms with Gasteiger partial charge in [0.15, 0.2) is 11.4 Å². The number of nitrogens with zero attached hydrogens (tertiary/aromatic N) is 4. The second-order valence-corrected chi connectivity index (χ2v) is 12.8. The SMILES string of the molecule is COC[C@]12CC[C@@](C)(O)C[C@@H]1CC[C@H]1[C@@H]3CC[C@H](C(=O)Cn4cc5nccnc5n4)[C@@]3(C)CC[C@@H]12. The van der Waals surface area contributed by atoms with E-state index in [0.29, 0.717) is 41.6 Å². The molecule has 0 spiro atoms. The molecule has 0 aromatic carbocycles. The Morgan fingerprint density at radius 2 is 1.91 bits per heavy atom. The van der Waals surface area contributed by atoms with Crippen LogP contribution in [0.25, 0.3) is 11.2 Å². The van der Waals surface area contributed by atoms with Crippen LogP contribution in [-0.2, 0) is 16.1 Å². The third kappa shape index (κ3) is 3.67. The number of carbonyl (C=O) groups excluding carboxylic acids is 1. The van der Waals surface area contributed by atoms with Crippen molar-refractivity contribution in [2.75, 3.05) is 13.7 Å². The number of rotatable bonds is 5. The van der Waals surface area contributed by atoms with Crippen molar-refractivity contribution in [1.82, 2.24) is 19.7 Å². The first-order valence-corrected chi connectivity index (χ1v) is 13.6. The van der Waals surface area contributed by atoms with E-state index >= 15 is 0 Å². The molecule has 8 atom stereocenters. The zero-order valence-electron chi connectivity index (χ0n) is 21.4. The van der Waals surface area contributed by atoms with Gasteiger partial charge in [-0.05, 0) is 99.2 Å². The van der Waals surface area contributed by atoms with Gasteiger partial charge in [-0.3, -0.25) is 9.48 Å². The van der Waals surface area contributed by atoms with Gasteiger partial charge in [0.25, 0.3) is 0 Å². The molecule has 0 aliphatic heterocycles. The van der Waals surface area contributed by atoms with E-state index in [1.807, 2.05) is 20.2 Å². The van der Waals surface area contributed by atoms with Crippen molar-refractivity contribution in [2.24, 2.45) is 40.4 Å². The number of methoxy groups -OCH3 is 1. The van der Waals surface area contributed by atoms with Crippen molar-refractivity contribution >= 4 is 16.9 Å². The molecule has 4 aliphatic rings. The molecular formula is C28H40N4O3. The lowest BCUT2D eigenvalue weighted by atomic mass is 9.43. The predicted octanol–water partition coefficient (Wildman–Crippen LogP) is 4.43. The summed E-state index contributed by atoms with van der Waals surface area (Å²) in [7, 11) is 1.85. The van der Waals surface area contributed by atoms with E-state index in [4.69, 9.17) is 4.74 Å². The Hall–Kier alpha value is -1.86.